The molecule has 4 aromatic rings. The van der Waals surface area contributed by atoms with Crippen molar-refractivity contribution in [2.75, 3.05) is 10.0 Å². The largest absolute Gasteiger partial charge is 0.296 e. The van der Waals surface area contributed by atoms with Crippen molar-refractivity contribution in [1.82, 2.24) is 10.2 Å². The highest BCUT2D eigenvalue weighted by Crippen LogP contribution is 2.27. The van der Waals surface area contributed by atoms with Crippen LogP contribution < -0.4 is 10.0 Å². The molecule has 2 N–H and O–H groups in total. The van der Waals surface area contributed by atoms with Crippen molar-refractivity contribution >= 4 is 38.1 Å². The third kappa shape index (κ3) is 5.32. The van der Waals surface area contributed by atoms with Crippen molar-refractivity contribution in [3.05, 3.63) is 88.5 Å². The highest BCUT2D eigenvalue weighted by atomic mass is 32.2. The van der Waals surface area contributed by atoms with Gasteiger partial charge in [-0.1, -0.05) is 53.3 Å². The number of hydrogen-bond donors (Lipinski definition) is 2. The first-order valence-electron chi connectivity index (χ1n) is 10.5. The van der Waals surface area contributed by atoms with Gasteiger partial charge in [0, 0.05) is 16.8 Å². The fourth-order valence-corrected chi connectivity index (χ4v) is 5.59. The molecule has 0 radical (unpaired) electrons. The Balaban J connectivity index is 1.55. The van der Waals surface area contributed by atoms with E-state index < -0.39 is 15.9 Å². The number of aryl methyl sites for hydroxylation is 4. The highest BCUT2D eigenvalue weighted by molar-refractivity contribution is 7.92. The van der Waals surface area contributed by atoms with Crippen LogP contribution in [-0.4, -0.2) is 24.5 Å². The number of nitrogens with one attached hydrogen (secondary N) is 2. The standard InChI is InChI=1S/C25H24N4O3S2/c1-15-5-8-19(9-6-15)24-27-28-25(33-24)26-23(30)20-10-7-18(4)22(14-20)34(31,32)29-21-12-16(2)11-17(3)13-21/h5-14,29H,1-4H3,(H,26,28,30). The Bertz CT molecular complexity index is 1460. The summed E-state index contributed by atoms with van der Waals surface area (Å²) in [5.74, 6) is -0.463. The van der Waals surface area contributed by atoms with Crippen LogP contribution in [0.4, 0.5) is 10.8 Å². The first-order chi connectivity index (χ1) is 16.1. The fraction of sp³-hybridized carbons (Fsp3) is 0.160. The van der Waals surface area contributed by atoms with Gasteiger partial charge in [-0.15, -0.1) is 10.2 Å². The fourth-order valence-electron chi connectivity index (χ4n) is 3.53. The lowest BCUT2D eigenvalue weighted by molar-refractivity contribution is 0.102. The maximum absolute atomic E-state index is 13.1. The van der Waals surface area contributed by atoms with Crippen LogP contribution in [0.5, 0.6) is 0 Å². The molecule has 4 rings (SSSR count). The predicted octanol–water partition coefficient (Wildman–Crippen LogP) is 5.49. The average Bonchev–Trinajstić information content (AvgIpc) is 3.21. The van der Waals surface area contributed by atoms with Crippen LogP contribution in [0.3, 0.4) is 0 Å². The van der Waals surface area contributed by atoms with E-state index in [-0.39, 0.29) is 10.5 Å². The molecule has 3 aromatic carbocycles. The van der Waals surface area contributed by atoms with Gasteiger partial charge in [-0.25, -0.2) is 8.42 Å². The van der Waals surface area contributed by atoms with E-state index in [1.807, 2.05) is 51.1 Å². The number of amides is 1. The van der Waals surface area contributed by atoms with E-state index in [0.717, 1.165) is 22.3 Å². The zero-order valence-corrected chi connectivity index (χ0v) is 20.8. The van der Waals surface area contributed by atoms with Crippen molar-refractivity contribution in [3.8, 4) is 10.6 Å². The van der Waals surface area contributed by atoms with Crippen LogP contribution in [0, 0.1) is 27.7 Å². The summed E-state index contributed by atoms with van der Waals surface area (Å²) in [5, 5.41) is 11.9. The molecule has 0 fully saturated rings. The number of hydrogen-bond acceptors (Lipinski definition) is 6. The Morgan fingerprint density at radius 3 is 2.18 bits per heavy atom. The van der Waals surface area contributed by atoms with E-state index in [1.54, 1.807) is 31.2 Å². The lowest BCUT2D eigenvalue weighted by Gasteiger charge is -2.13. The lowest BCUT2D eigenvalue weighted by Crippen LogP contribution is -2.17. The van der Waals surface area contributed by atoms with Crippen LogP contribution >= 0.6 is 11.3 Å². The Morgan fingerprint density at radius 2 is 1.50 bits per heavy atom. The van der Waals surface area contributed by atoms with Gasteiger partial charge in [0.05, 0.1) is 4.90 Å². The maximum atomic E-state index is 13.1. The molecule has 0 aliphatic carbocycles. The Kier molecular flexibility index (Phi) is 6.49. The summed E-state index contributed by atoms with van der Waals surface area (Å²) in [6.07, 6.45) is 0. The molecule has 0 unspecified atom stereocenters. The van der Waals surface area contributed by atoms with Crippen molar-refractivity contribution < 1.29 is 13.2 Å². The number of benzene rings is 3. The molecule has 0 saturated carbocycles. The summed E-state index contributed by atoms with van der Waals surface area (Å²) < 4.78 is 28.8. The molecule has 1 aromatic heterocycles. The first kappa shape index (κ1) is 23.6. The second-order valence-electron chi connectivity index (χ2n) is 8.19. The molecule has 34 heavy (non-hydrogen) atoms. The lowest BCUT2D eigenvalue weighted by atomic mass is 10.1. The predicted molar refractivity (Wildman–Crippen MR) is 136 cm³/mol. The summed E-state index contributed by atoms with van der Waals surface area (Å²) in [5.41, 5.74) is 5.16. The van der Waals surface area contributed by atoms with Crippen LogP contribution in [0.15, 0.2) is 65.6 Å². The molecule has 1 heterocycles. The first-order valence-corrected chi connectivity index (χ1v) is 12.8. The monoisotopic (exact) mass is 492 g/mol. The average molecular weight is 493 g/mol. The third-order valence-corrected chi connectivity index (χ3v) is 7.57. The molecule has 0 aliphatic rings. The molecule has 0 saturated heterocycles. The van der Waals surface area contributed by atoms with Crippen LogP contribution in [0.25, 0.3) is 10.6 Å². The van der Waals surface area contributed by atoms with Crippen molar-refractivity contribution in [1.29, 1.82) is 0 Å². The number of anilines is 2. The minimum atomic E-state index is -3.90. The normalized spacial score (nSPS) is 11.3. The van der Waals surface area contributed by atoms with Crippen LogP contribution in [0.2, 0.25) is 0 Å². The van der Waals surface area contributed by atoms with Crippen molar-refractivity contribution in [3.63, 3.8) is 0 Å². The molecule has 0 bridgehead atoms. The second-order valence-corrected chi connectivity index (χ2v) is 10.8. The molecular formula is C25H24N4O3S2. The number of rotatable bonds is 6. The van der Waals surface area contributed by atoms with Gasteiger partial charge >= 0.3 is 0 Å². The summed E-state index contributed by atoms with van der Waals surface area (Å²) in [6.45, 7) is 7.50. The zero-order chi connectivity index (χ0) is 24.5. The van der Waals surface area contributed by atoms with Crippen molar-refractivity contribution in [2.45, 2.75) is 32.6 Å². The zero-order valence-electron chi connectivity index (χ0n) is 19.2. The highest BCUT2D eigenvalue weighted by Gasteiger charge is 2.20. The van der Waals surface area contributed by atoms with Gasteiger partial charge in [0.25, 0.3) is 15.9 Å². The molecule has 9 heteroatoms. The SMILES string of the molecule is Cc1ccc(-c2nnc(NC(=O)c3ccc(C)c(S(=O)(=O)Nc4cc(C)cc(C)c4)c3)s2)cc1. The van der Waals surface area contributed by atoms with E-state index in [2.05, 4.69) is 20.2 Å². The number of sulfonamides is 1. The Hall–Kier alpha value is -3.56. The van der Waals surface area contributed by atoms with E-state index in [4.69, 9.17) is 0 Å². The molecular weight excluding hydrogens is 468 g/mol. The summed E-state index contributed by atoms with van der Waals surface area (Å²) >= 11 is 1.25. The van der Waals surface area contributed by atoms with Gasteiger partial charge in [0.2, 0.25) is 5.13 Å². The molecule has 0 atom stereocenters. The van der Waals surface area contributed by atoms with Crippen LogP contribution in [0.1, 0.15) is 32.6 Å². The summed E-state index contributed by atoms with van der Waals surface area (Å²) in [7, 11) is -3.90. The van der Waals surface area contributed by atoms with E-state index >= 15 is 0 Å². The quantitative estimate of drug-likeness (QED) is 0.371. The number of aromatic nitrogens is 2. The molecule has 1 amide bonds. The Labute approximate surface area is 202 Å². The summed E-state index contributed by atoms with van der Waals surface area (Å²) in [4.78, 5) is 12.9. The molecule has 0 aliphatic heterocycles. The minimum absolute atomic E-state index is 0.0388. The van der Waals surface area contributed by atoms with E-state index in [9.17, 15) is 13.2 Å². The van der Waals surface area contributed by atoms with Gasteiger partial charge < -0.3 is 0 Å². The number of nitrogens with zero attached hydrogens (tertiary/aromatic N) is 2. The molecule has 7 nitrogen and oxygen atoms in total. The van der Waals surface area contributed by atoms with E-state index in [1.165, 1.54) is 17.4 Å². The van der Waals surface area contributed by atoms with Gasteiger partial charge in [0.1, 0.15) is 5.01 Å². The van der Waals surface area contributed by atoms with E-state index in [0.29, 0.717) is 21.4 Å². The third-order valence-electron chi connectivity index (χ3n) is 5.16. The topological polar surface area (TPSA) is 101 Å². The van der Waals surface area contributed by atoms with Gasteiger partial charge in [-0.3, -0.25) is 14.8 Å². The smallest absolute Gasteiger partial charge is 0.262 e. The molecule has 174 valence electrons. The second kappa shape index (κ2) is 9.36. The van der Waals surface area contributed by atoms with Gasteiger partial charge in [-0.2, -0.15) is 0 Å². The summed E-state index contributed by atoms with van der Waals surface area (Å²) in [6, 6.07) is 17.9. The Morgan fingerprint density at radius 1 is 0.824 bits per heavy atom. The minimum Gasteiger partial charge on any atom is -0.296 e. The molecule has 0 spiro atoms. The number of carbonyl (C=O) groups is 1. The van der Waals surface area contributed by atoms with Gasteiger partial charge in [0.15, 0.2) is 0 Å². The van der Waals surface area contributed by atoms with Crippen molar-refractivity contribution in [2.24, 2.45) is 0 Å². The number of carbonyl (C=O) groups excluding carboxylic acids is 1. The maximum Gasteiger partial charge on any atom is 0.262 e. The van der Waals surface area contributed by atoms with Crippen LogP contribution in [-0.2, 0) is 10.0 Å². The van der Waals surface area contributed by atoms with Gasteiger partial charge in [-0.05, 0) is 68.7 Å².